The predicted molar refractivity (Wildman–Crippen MR) is 122 cm³/mol. The minimum atomic E-state index is -0.214. The van der Waals surface area contributed by atoms with Crippen molar-refractivity contribution in [3.8, 4) is 22.3 Å². The third-order valence-corrected chi connectivity index (χ3v) is 6.90. The van der Waals surface area contributed by atoms with E-state index < -0.39 is 0 Å². The molecular formula is C29H24. The van der Waals surface area contributed by atoms with Crippen LogP contribution in [0, 0.1) is 27.7 Å². The highest BCUT2D eigenvalue weighted by molar-refractivity contribution is 5.95. The summed E-state index contributed by atoms with van der Waals surface area (Å²) in [6, 6.07) is 28.1. The maximum atomic E-state index is 2.42. The Kier molecular flexibility index (Phi) is 3.17. The summed E-state index contributed by atoms with van der Waals surface area (Å²) in [7, 11) is 0. The van der Waals surface area contributed by atoms with Crippen LogP contribution in [0.1, 0.15) is 44.5 Å². The minimum absolute atomic E-state index is 0.214. The van der Waals surface area contributed by atoms with E-state index in [1.165, 1.54) is 66.8 Å². The smallest absolute Gasteiger partial charge is 0.0590 e. The van der Waals surface area contributed by atoms with Crippen molar-refractivity contribution in [3.63, 3.8) is 0 Å². The van der Waals surface area contributed by atoms with Gasteiger partial charge in [-0.2, -0.15) is 0 Å². The number of rotatable bonds is 0. The molecule has 2 aliphatic carbocycles. The number of fused-ring (bicyclic) bond motifs is 10. The van der Waals surface area contributed by atoms with Gasteiger partial charge in [0.2, 0.25) is 0 Å². The second kappa shape index (κ2) is 5.48. The van der Waals surface area contributed by atoms with Crippen molar-refractivity contribution in [2.45, 2.75) is 33.1 Å². The van der Waals surface area contributed by atoms with Gasteiger partial charge in [0.15, 0.2) is 0 Å². The Labute approximate surface area is 172 Å². The highest BCUT2D eigenvalue weighted by Crippen LogP contribution is 2.63. The molecule has 0 nitrogen and oxygen atoms in total. The van der Waals surface area contributed by atoms with E-state index in [9.17, 15) is 0 Å². The Hall–Kier alpha value is -3.12. The number of hydrogen-bond donors (Lipinski definition) is 0. The summed E-state index contributed by atoms with van der Waals surface area (Å²) in [5, 5.41) is 0. The van der Waals surface area contributed by atoms with Gasteiger partial charge in [-0.3, -0.25) is 0 Å². The molecule has 0 aromatic heterocycles. The highest BCUT2D eigenvalue weighted by atomic mass is 14.5. The van der Waals surface area contributed by atoms with Gasteiger partial charge in [-0.15, -0.1) is 0 Å². The van der Waals surface area contributed by atoms with E-state index in [1.807, 2.05) is 0 Å². The van der Waals surface area contributed by atoms with Crippen LogP contribution in [-0.4, -0.2) is 0 Å². The maximum Gasteiger partial charge on any atom is 0.0725 e. The first-order chi connectivity index (χ1) is 14.0. The lowest BCUT2D eigenvalue weighted by Crippen LogP contribution is -2.26. The molecule has 0 saturated heterocycles. The van der Waals surface area contributed by atoms with E-state index in [0.29, 0.717) is 0 Å². The first-order valence-electron chi connectivity index (χ1n) is 10.5. The molecule has 0 N–H and O–H groups in total. The molecule has 4 aromatic carbocycles. The molecule has 0 aliphatic heterocycles. The Bertz CT molecular complexity index is 1230. The predicted octanol–water partition coefficient (Wildman–Crippen LogP) is 7.26. The number of benzene rings is 4. The van der Waals surface area contributed by atoms with E-state index in [2.05, 4.69) is 100 Å². The van der Waals surface area contributed by atoms with Crippen LogP contribution < -0.4 is 0 Å². The van der Waals surface area contributed by atoms with Crippen LogP contribution in [0.3, 0.4) is 0 Å². The van der Waals surface area contributed by atoms with Crippen molar-refractivity contribution in [2.75, 3.05) is 0 Å². The molecule has 29 heavy (non-hydrogen) atoms. The fourth-order valence-electron chi connectivity index (χ4n) is 5.69. The summed E-state index contributed by atoms with van der Waals surface area (Å²) in [6.07, 6.45) is 0. The summed E-state index contributed by atoms with van der Waals surface area (Å²) in [5.74, 6) is 0. The summed E-state index contributed by atoms with van der Waals surface area (Å²) in [4.78, 5) is 0. The third-order valence-electron chi connectivity index (χ3n) is 6.90. The zero-order chi connectivity index (χ0) is 19.9. The first-order valence-corrected chi connectivity index (χ1v) is 10.5. The van der Waals surface area contributed by atoms with Crippen LogP contribution in [0.5, 0.6) is 0 Å². The van der Waals surface area contributed by atoms with Gasteiger partial charge in [0.05, 0.1) is 5.41 Å². The van der Waals surface area contributed by atoms with E-state index in [0.717, 1.165) is 0 Å². The molecule has 6 rings (SSSR count). The number of aryl methyl sites for hydroxylation is 4. The standard InChI is InChI=1S/C29H24/c1-17-7-11-25-23(13-17)24-14-18(2)8-12-26(24)29(25)27-15-19(3)5-9-21(27)22-10-6-20(4)16-28(22)29/h5-16H,1-4H3. The molecule has 0 heterocycles. The third kappa shape index (κ3) is 1.99. The lowest BCUT2D eigenvalue weighted by atomic mass is 9.70. The van der Waals surface area contributed by atoms with Crippen LogP contribution >= 0.6 is 0 Å². The SMILES string of the molecule is Cc1ccc2c(c1)-c1cc(C)ccc1C21c2cc(C)ccc2-c2ccc(C)cc21. The molecule has 2 aliphatic rings. The van der Waals surface area contributed by atoms with Gasteiger partial charge >= 0.3 is 0 Å². The van der Waals surface area contributed by atoms with E-state index in [1.54, 1.807) is 0 Å². The van der Waals surface area contributed by atoms with E-state index in [4.69, 9.17) is 0 Å². The first kappa shape index (κ1) is 16.8. The maximum absolute atomic E-state index is 2.42. The lowest BCUT2D eigenvalue weighted by Gasteiger charge is -2.31. The second-order valence-corrected chi connectivity index (χ2v) is 8.95. The molecule has 0 bridgehead atoms. The second-order valence-electron chi connectivity index (χ2n) is 8.95. The minimum Gasteiger partial charge on any atom is -0.0590 e. The van der Waals surface area contributed by atoms with Gasteiger partial charge in [-0.05, 0) is 72.2 Å². The molecule has 140 valence electrons. The quantitative estimate of drug-likeness (QED) is 0.263. The van der Waals surface area contributed by atoms with Crippen molar-refractivity contribution in [1.82, 2.24) is 0 Å². The van der Waals surface area contributed by atoms with Gasteiger partial charge in [0.25, 0.3) is 0 Å². The number of hydrogen-bond acceptors (Lipinski definition) is 0. The van der Waals surface area contributed by atoms with Crippen molar-refractivity contribution < 1.29 is 0 Å². The average Bonchev–Trinajstić information content (AvgIpc) is 3.13. The van der Waals surface area contributed by atoms with Gasteiger partial charge < -0.3 is 0 Å². The zero-order valence-corrected chi connectivity index (χ0v) is 17.4. The van der Waals surface area contributed by atoms with Crippen molar-refractivity contribution in [3.05, 3.63) is 117 Å². The summed E-state index contributed by atoms with van der Waals surface area (Å²) >= 11 is 0. The average molecular weight is 373 g/mol. The van der Waals surface area contributed by atoms with Crippen LogP contribution in [0.25, 0.3) is 22.3 Å². The van der Waals surface area contributed by atoms with Gasteiger partial charge in [0.1, 0.15) is 0 Å². The van der Waals surface area contributed by atoms with Crippen LogP contribution in [0.4, 0.5) is 0 Å². The normalized spacial score (nSPS) is 14.5. The molecular weight excluding hydrogens is 348 g/mol. The summed E-state index contributed by atoms with van der Waals surface area (Å²) in [6.45, 7) is 8.82. The molecule has 0 amide bonds. The molecule has 0 fully saturated rings. The van der Waals surface area contributed by atoms with Crippen molar-refractivity contribution in [2.24, 2.45) is 0 Å². The topological polar surface area (TPSA) is 0 Å². The monoisotopic (exact) mass is 372 g/mol. The Balaban J connectivity index is 1.87. The molecule has 0 saturated carbocycles. The van der Waals surface area contributed by atoms with Crippen molar-refractivity contribution >= 4 is 0 Å². The van der Waals surface area contributed by atoms with Crippen LogP contribution in [-0.2, 0) is 5.41 Å². The summed E-state index contributed by atoms with van der Waals surface area (Å²) in [5.41, 5.74) is 16.3. The van der Waals surface area contributed by atoms with Crippen LogP contribution in [0.2, 0.25) is 0 Å². The van der Waals surface area contributed by atoms with E-state index >= 15 is 0 Å². The molecule has 1 spiro atoms. The zero-order valence-electron chi connectivity index (χ0n) is 17.4. The van der Waals surface area contributed by atoms with Gasteiger partial charge in [-0.25, -0.2) is 0 Å². The fraction of sp³-hybridized carbons (Fsp3) is 0.172. The molecule has 0 atom stereocenters. The lowest BCUT2D eigenvalue weighted by molar-refractivity contribution is 0.791. The van der Waals surface area contributed by atoms with Crippen LogP contribution in [0.15, 0.2) is 72.8 Å². The van der Waals surface area contributed by atoms with Gasteiger partial charge in [0, 0.05) is 0 Å². The highest BCUT2D eigenvalue weighted by Gasteiger charge is 2.51. The summed E-state index contributed by atoms with van der Waals surface area (Å²) < 4.78 is 0. The van der Waals surface area contributed by atoms with Crippen molar-refractivity contribution in [1.29, 1.82) is 0 Å². The fourth-order valence-corrected chi connectivity index (χ4v) is 5.69. The Morgan fingerprint density at radius 3 is 1.21 bits per heavy atom. The Morgan fingerprint density at radius 1 is 0.379 bits per heavy atom. The Morgan fingerprint density at radius 2 is 0.759 bits per heavy atom. The molecule has 0 radical (unpaired) electrons. The largest absolute Gasteiger partial charge is 0.0725 e. The molecule has 4 aromatic rings. The molecule has 0 heteroatoms. The van der Waals surface area contributed by atoms with E-state index in [-0.39, 0.29) is 5.41 Å². The molecule has 0 unspecified atom stereocenters. The van der Waals surface area contributed by atoms with Gasteiger partial charge in [-0.1, -0.05) is 95.1 Å².